The van der Waals surface area contributed by atoms with Gasteiger partial charge in [-0.05, 0) is 49.1 Å². The van der Waals surface area contributed by atoms with Gasteiger partial charge >= 0.3 is 0 Å². The molecule has 3 nitrogen and oxygen atoms in total. The molecule has 1 spiro atoms. The van der Waals surface area contributed by atoms with Gasteiger partial charge in [0.25, 0.3) is 0 Å². The van der Waals surface area contributed by atoms with E-state index in [1.165, 1.54) is 25.7 Å². The molecular formula is C17H21NO2S. The first-order chi connectivity index (χ1) is 10.3. The highest BCUT2D eigenvalue weighted by Crippen LogP contribution is 2.45. The Hall–Kier alpha value is -0.970. The highest BCUT2D eigenvalue weighted by Gasteiger charge is 2.42. The molecule has 2 aromatic heterocycles. The third kappa shape index (κ3) is 2.50. The van der Waals surface area contributed by atoms with Crippen molar-refractivity contribution in [2.24, 2.45) is 5.92 Å². The van der Waals surface area contributed by atoms with Crippen LogP contribution in [0, 0.1) is 5.92 Å². The van der Waals surface area contributed by atoms with E-state index < -0.39 is 6.10 Å². The minimum absolute atomic E-state index is 0.0599. The van der Waals surface area contributed by atoms with Crippen LogP contribution in [0.3, 0.4) is 0 Å². The van der Waals surface area contributed by atoms with Crippen molar-refractivity contribution in [3.8, 4) is 0 Å². The monoisotopic (exact) mass is 303 g/mol. The average molecular weight is 303 g/mol. The Bertz CT molecular complexity index is 633. The fourth-order valence-electron chi connectivity index (χ4n) is 4.00. The smallest absolute Gasteiger partial charge is 0.0835 e. The first kappa shape index (κ1) is 13.7. The van der Waals surface area contributed by atoms with Crippen LogP contribution in [0.4, 0.5) is 0 Å². The number of hydrogen-bond donors (Lipinski definition) is 1. The molecule has 3 heterocycles. The summed E-state index contributed by atoms with van der Waals surface area (Å²) < 4.78 is 7.24. The predicted octanol–water partition coefficient (Wildman–Crippen LogP) is 4.07. The van der Waals surface area contributed by atoms with Crippen LogP contribution in [0.25, 0.3) is 10.2 Å². The van der Waals surface area contributed by atoms with E-state index in [1.807, 2.05) is 12.3 Å². The van der Waals surface area contributed by atoms with Crippen molar-refractivity contribution in [1.82, 2.24) is 4.98 Å². The van der Waals surface area contributed by atoms with Crippen molar-refractivity contribution in [2.45, 2.75) is 50.2 Å². The second-order valence-corrected chi connectivity index (χ2v) is 7.46. The summed E-state index contributed by atoms with van der Waals surface area (Å²) in [5.74, 6) is 0.302. The van der Waals surface area contributed by atoms with Crippen LogP contribution in [0.2, 0.25) is 0 Å². The molecule has 2 fully saturated rings. The van der Waals surface area contributed by atoms with Crippen molar-refractivity contribution in [1.29, 1.82) is 0 Å². The van der Waals surface area contributed by atoms with E-state index in [4.69, 9.17) is 4.74 Å². The number of thiophene rings is 1. The van der Waals surface area contributed by atoms with Crippen molar-refractivity contribution in [2.75, 3.05) is 6.61 Å². The second-order valence-electron chi connectivity index (χ2n) is 6.51. The lowest BCUT2D eigenvalue weighted by molar-refractivity contribution is -0.113. The largest absolute Gasteiger partial charge is 0.388 e. The first-order valence-corrected chi connectivity index (χ1v) is 8.79. The second kappa shape index (κ2) is 5.34. The SMILES string of the molecule is OC(c1cnc2ccsc2c1)C1CCOC2(CCCC2)C1. The van der Waals surface area contributed by atoms with Crippen LogP contribution in [-0.4, -0.2) is 22.3 Å². The number of ether oxygens (including phenoxy) is 1. The van der Waals surface area contributed by atoms with Gasteiger partial charge in [0.2, 0.25) is 0 Å². The van der Waals surface area contributed by atoms with Gasteiger partial charge in [-0.1, -0.05) is 12.8 Å². The lowest BCUT2D eigenvalue weighted by Gasteiger charge is -2.40. The molecule has 112 valence electrons. The molecule has 1 saturated carbocycles. The van der Waals surface area contributed by atoms with Gasteiger partial charge in [0.15, 0.2) is 0 Å². The van der Waals surface area contributed by atoms with Gasteiger partial charge in [-0.2, -0.15) is 0 Å². The van der Waals surface area contributed by atoms with E-state index in [0.717, 1.165) is 35.2 Å². The summed E-state index contributed by atoms with van der Waals surface area (Å²) in [6, 6.07) is 4.13. The number of rotatable bonds is 2. The van der Waals surface area contributed by atoms with Gasteiger partial charge in [-0.25, -0.2) is 0 Å². The summed E-state index contributed by atoms with van der Waals surface area (Å²) in [6.07, 6.45) is 8.25. The number of fused-ring (bicyclic) bond motifs is 1. The van der Waals surface area contributed by atoms with Crippen LogP contribution < -0.4 is 0 Å². The Kier molecular flexibility index (Phi) is 3.48. The van der Waals surface area contributed by atoms with Gasteiger partial charge in [-0.3, -0.25) is 4.98 Å². The third-order valence-electron chi connectivity index (χ3n) is 5.16. The molecule has 21 heavy (non-hydrogen) atoms. The molecule has 1 N–H and O–H groups in total. The van der Waals surface area contributed by atoms with Crippen molar-refractivity contribution in [3.63, 3.8) is 0 Å². The molecule has 0 radical (unpaired) electrons. The van der Waals surface area contributed by atoms with Crippen LogP contribution in [0.1, 0.15) is 50.2 Å². The van der Waals surface area contributed by atoms with Crippen molar-refractivity contribution >= 4 is 21.6 Å². The van der Waals surface area contributed by atoms with Crippen molar-refractivity contribution < 1.29 is 9.84 Å². The molecule has 0 aromatic carbocycles. The van der Waals surface area contributed by atoms with Gasteiger partial charge < -0.3 is 9.84 Å². The Morgan fingerprint density at radius 1 is 1.38 bits per heavy atom. The molecule has 1 aliphatic carbocycles. The fourth-order valence-corrected chi connectivity index (χ4v) is 4.79. The van der Waals surface area contributed by atoms with E-state index in [2.05, 4.69) is 16.4 Å². The average Bonchev–Trinajstić information content (AvgIpc) is 3.15. The van der Waals surface area contributed by atoms with Crippen LogP contribution in [-0.2, 0) is 4.74 Å². The Balaban J connectivity index is 1.56. The van der Waals surface area contributed by atoms with E-state index in [-0.39, 0.29) is 5.60 Å². The van der Waals surface area contributed by atoms with E-state index in [0.29, 0.717) is 5.92 Å². The summed E-state index contributed by atoms with van der Waals surface area (Å²) >= 11 is 1.69. The first-order valence-electron chi connectivity index (χ1n) is 7.91. The van der Waals surface area contributed by atoms with Gasteiger partial charge in [0.1, 0.15) is 0 Å². The Labute approximate surface area is 129 Å². The highest BCUT2D eigenvalue weighted by atomic mass is 32.1. The molecule has 2 unspecified atom stereocenters. The maximum atomic E-state index is 10.8. The number of hydrogen-bond acceptors (Lipinski definition) is 4. The zero-order chi connectivity index (χ0) is 14.3. The maximum absolute atomic E-state index is 10.8. The van der Waals surface area contributed by atoms with Crippen molar-refractivity contribution in [3.05, 3.63) is 29.3 Å². The third-order valence-corrected chi connectivity index (χ3v) is 6.01. The minimum atomic E-state index is -0.412. The number of nitrogens with zero attached hydrogens (tertiary/aromatic N) is 1. The Morgan fingerprint density at radius 3 is 3.10 bits per heavy atom. The predicted molar refractivity (Wildman–Crippen MR) is 84.5 cm³/mol. The van der Waals surface area contributed by atoms with Gasteiger partial charge in [0, 0.05) is 18.4 Å². The van der Waals surface area contributed by atoms with E-state index in [9.17, 15) is 5.11 Å². The molecule has 1 saturated heterocycles. The maximum Gasteiger partial charge on any atom is 0.0835 e. The molecule has 2 atom stereocenters. The zero-order valence-electron chi connectivity index (χ0n) is 12.1. The minimum Gasteiger partial charge on any atom is -0.388 e. The van der Waals surface area contributed by atoms with E-state index in [1.54, 1.807) is 11.3 Å². The quantitative estimate of drug-likeness (QED) is 0.909. The molecule has 2 aliphatic rings. The van der Waals surface area contributed by atoms with E-state index >= 15 is 0 Å². The molecular weight excluding hydrogens is 282 g/mol. The molecule has 2 aromatic rings. The molecule has 1 aliphatic heterocycles. The lowest BCUT2D eigenvalue weighted by atomic mass is 9.80. The molecule has 0 bridgehead atoms. The lowest BCUT2D eigenvalue weighted by Crippen LogP contribution is -2.39. The fraction of sp³-hybridized carbons (Fsp3) is 0.588. The summed E-state index contributed by atoms with van der Waals surface area (Å²) in [7, 11) is 0. The highest BCUT2D eigenvalue weighted by molar-refractivity contribution is 7.17. The summed E-state index contributed by atoms with van der Waals surface area (Å²) in [5, 5.41) is 12.8. The molecule has 4 heteroatoms. The summed E-state index contributed by atoms with van der Waals surface area (Å²) in [5.41, 5.74) is 2.05. The van der Waals surface area contributed by atoms with Gasteiger partial charge in [0.05, 0.1) is 21.9 Å². The van der Waals surface area contributed by atoms with Crippen LogP contribution >= 0.6 is 11.3 Å². The zero-order valence-corrected chi connectivity index (χ0v) is 12.9. The normalized spacial score (nSPS) is 26.4. The van der Waals surface area contributed by atoms with Gasteiger partial charge in [-0.15, -0.1) is 11.3 Å². The standard InChI is InChI=1S/C17H21NO2S/c19-16(13-9-15-14(18-11-13)4-8-21-15)12-3-7-20-17(10-12)5-1-2-6-17/h4,8-9,11-12,16,19H,1-3,5-7,10H2. The number of aromatic nitrogens is 1. The number of aliphatic hydroxyl groups is 1. The van der Waals surface area contributed by atoms with Crippen LogP contribution in [0.15, 0.2) is 23.7 Å². The number of aliphatic hydroxyl groups excluding tert-OH is 1. The topological polar surface area (TPSA) is 42.4 Å². The summed E-state index contributed by atoms with van der Waals surface area (Å²) in [4.78, 5) is 4.47. The summed E-state index contributed by atoms with van der Waals surface area (Å²) in [6.45, 7) is 0.788. The number of pyridine rings is 1. The molecule has 0 amide bonds. The van der Waals surface area contributed by atoms with Crippen LogP contribution in [0.5, 0.6) is 0 Å². The molecule has 4 rings (SSSR count). The Morgan fingerprint density at radius 2 is 2.24 bits per heavy atom.